The Balaban J connectivity index is 2.37. The van der Waals surface area contributed by atoms with Crippen LogP contribution in [0.15, 0.2) is 18.2 Å². The lowest BCUT2D eigenvalue weighted by Crippen LogP contribution is -2.28. The molecule has 1 nitrogen and oxygen atoms in total. The first kappa shape index (κ1) is 11.5. The van der Waals surface area contributed by atoms with Crippen molar-refractivity contribution < 1.29 is 4.74 Å². The van der Waals surface area contributed by atoms with Crippen molar-refractivity contribution in [3.63, 3.8) is 0 Å². The van der Waals surface area contributed by atoms with Crippen molar-refractivity contribution in [2.45, 2.75) is 52.6 Å². The van der Waals surface area contributed by atoms with E-state index in [9.17, 15) is 0 Å². The van der Waals surface area contributed by atoms with Gasteiger partial charge in [0.2, 0.25) is 0 Å². The van der Waals surface area contributed by atoms with Crippen LogP contribution in [0.1, 0.15) is 45.7 Å². The number of fused-ring (bicyclic) bond motifs is 1. The lowest BCUT2D eigenvalue weighted by atomic mass is 9.84. The van der Waals surface area contributed by atoms with Gasteiger partial charge in [-0.3, -0.25) is 0 Å². The van der Waals surface area contributed by atoms with E-state index < -0.39 is 0 Å². The van der Waals surface area contributed by atoms with E-state index >= 15 is 0 Å². The summed E-state index contributed by atoms with van der Waals surface area (Å²) in [4.78, 5) is 0. The molecule has 0 N–H and O–H groups in total. The van der Waals surface area contributed by atoms with Crippen molar-refractivity contribution in [1.29, 1.82) is 0 Å². The topological polar surface area (TPSA) is 9.23 Å². The Labute approximate surface area is 98.8 Å². The minimum atomic E-state index is 0.224. The highest BCUT2D eigenvalue weighted by atomic mass is 16.5. The number of hydrogen-bond acceptors (Lipinski definition) is 1. The molecule has 2 atom stereocenters. The highest BCUT2D eigenvalue weighted by Gasteiger charge is 2.24. The summed E-state index contributed by atoms with van der Waals surface area (Å²) in [5.41, 5.74) is 3.00. The van der Waals surface area contributed by atoms with Gasteiger partial charge in [0.15, 0.2) is 0 Å². The van der Waals surface area contributed by atoms with Crippen LogP contribution >= 0.6 is 0 Å². The van der Waals surface area contributed by atoms with Gasteiger partial charge in [-0.25, -0.2) is 0 Å². The minimum absolute atomic E-state index is 0.224. The molecule has 16 heavy (non-hydrogen) atoms. The molecular weight excluding hydrogens is 196 g/mol. The van der Waals surface area contributed by atoms with E-state index in [0.717, 1.165) is 12.2 Å². The molecule has 1 aromatic carbocycles. The molecule has 1 aliphatic heterocycles. The Hall–Kier alpha value is -0.980. The molecule has 0 spiro atoms. The monoisotopic (exact) mass is 218 g/mol. The quantitative estimate of drug-likeness (QED) is 0.641. The second-order valence-corrected chi connectivity index (χ2v) is 6.08. The first-order valence-electron chi connectivity index (χ1n) is 6.18. The molecule has 0 fully saturated rings. The molecule has 0 aromatic heterocycles. The molecule has 1 aromatic rings. The molecule has 0 saturated carbocycles. The summed E-state index contributed by atoms with van der Waals surface area (Å²) in [6.45, 7) is 11.2. The zero-order valence-corrected chi connectivity index (χ0v) is 11.0. The summed E-state index contributed by atoms with van der Waals surface area (Å²) >= 11 is 0. The molecule has 2 rings (SSSR count). The third kappa shape index (κ3) is 2.09. The maximum absolute atomic E-state index is 5.91. The molecule has 0 bridgehead atoms. The van der Waals surface area contributed by atoms with Crippen LogP contribution in [0.25, 0.3) is 0 Å². The molecule has 1 aliphatic rings. The normalized spacial score (nSPS) is 24.8. The van der Waals surface area contributed by atoms with Crippen LogP contribution in [0.5, 0.6) is 5.75 Å². The molecule has 2 unspecified atom stereocenters. The summed E-state index contributed by atoms with van der Waals surface area (Å²) in [6.07, 6.45) is 1.48. The highest BCUT2D eigenvalue weighted by Crippen LogP contribution is 2.34. The summed E-state index contributed by atoms with van der Waals surface area (Å²) < 4.78 is 5.91. The minimum Gasteiger partial charge on any atom is -0.490 e. The van der Waals surface area contributed by atoms with E-state index in [1.54, 1.807) is 0 Å². The number of benzene rings is 1. The van der Waals surface area contributed by atoms with Crippen LogP contribution in [-0.2, 0) is 11.8 Å². The van der Waals surface area contributed by atoms with Crippen molar-refractivity contribution in [3.8, 4) is 5.75 Å². The van der Waals surface area contributed by atoms with Crippen LogP contribution in [0.4, 0.5) is 0 Å². The SMILES string of the molecule is CC1Cc2cc(C(C)(C)C)ccc2OC1C. The van der Waals surface area contributed by atoms with Gasteiger partial charge in [0.25, 0.3) is 0 Å². The van der Waals surface area contributed by atoms with Gasteiger partial charge in [-0.2, -0.15) is 0 Å². The fraction of sp³-hybridized carbons (Fsp3) is 0.600. The van der Waals surface area contributed by atoms with Crippen LogP contribution in [-0.4, -0.2) is 6.10 Å². The highest BCUT2D eigenvalue weighted by molar-refractivity contribution is 5.41. The van der Waals surface area contributed by atoms with Gasteiger partial charge in [-0.1, -0.05) is 39.8 Å². The van der Waals surface area contributed by atoms with Crippen molar-refractivity contribution in [1.82, 2.24) is 0 Å². The molecule has 1 heterocycles. The molecule has 0 saturated heterocycles. The average Bonchev–Trinajstić information content (AvgIpc) is 2.17. The van der Waals surface area contributed by atoms with E-state index in [2.05, 4.69) is 52.8 Å². The largest absolute Gasteiger partial charge is 0.490 e. The first-order chi connectivity index (χ1) is 7.38. The van der Waals surface area contributed by atoms with Gasteiger partial charge in [0, 0.05) is 0 Å². The number of hydrogen-bond donors (Lipinski definition) is 0. The standard InChI is InChI=1S/C15H22O/c1-10-8-12-9-13(15(3,4)5)6-7-14(12)16-11(10)2/h6-7,9-11H,8H2,1-5H3. The second-order valence-electron chi connectivity index (χ2n) is 6.08. The Morgan fingerprint density at radius 1 is 1.19 bits per heavy atom. The maximum Gasteiger partial charge on any atom is 0.122 e. The Morgan fingerprint density at radius 3 is 2.50 bits per heavy atom. The lowest BCUT2D eigenvalue weighted by molar-refractivity contribution is 0.139. The predicted molar refractivity (Wildman–Crippen MR) is 68.1 cm³/mol. The molecule has 1 heteroatoms. The second kappa shape index (κ2) is 3.80. The molecule has 0 radical (unpaired) electrons. The number of rotatable bonds is 0. The summed E-state index contributed by atoms with van der Waals surface area (Å²) in [7, 11) is 0. The Kier molecular flexibility index (Phi) is 2.73. The smallest absolute Gasteiger partial charge is 0.122 e. The van der Waals surface area contributed by atoms with Gasteiger partial charge in [-0.05, 0) is 41.9 Å². The van der Waals surface area contributed by atoms with Crippen molar-refractivity contribution in [2.75, 3.05) is 0 Å². The van der Waals surface area contributed by atoms with Gasteiger partial charge in [0.05, 0.1) is 6.10 Å². The fourth-order valence-corrected chi connectivity index (χ4v) is 2.15. The molecule has 0 amide bonds. The Morgan fingerprint density at radius 2 is 1.88 bits per heavy atom. The third-order valence-corrected chi connectivity index (χ3v) is 3.58. The van der Waals surface area contributed by atoms with E-state index in [0.29, 0.717) is 12.0 Å². The van der Waals surface area contributed by atoms with E-state index in [1.807, 2.05) is 0 Å². The third-order valence-electron chi connectivity index (χ3n) is 3.58. The van der Waals surface area contributed by atoms with Crippen LogP contribution < -0.4 is 4.74 Å². The van der Waals surface area contributed by atoms with Crippen molar-refractivity contribution in [3.05, 3.63) is 29.3 Å². The lowest BCUT2D eigenvalue weighted by Gasteiger charge is -2.30. The van der Waals surface area contributed by atoms with Gasteiger partial charge in [-0.15, -0.1) is 0 Å². The van der Waals surface area contributed by atoms with Crippen LogP contribution in [0.3, 0.4) is 0 Å². The zero-order valence-electron chi connectivity index (χ0n) is 11.0. The van der Waals surface area contributed by atoms with Gasteiger partial charge in [0.1, 0.15) is 5.75 Å². The van der Waals surface area contributed by atoms with E-state index in [-0.39, 0.29) is 5.41 Å². The van der Waals surface area contributed by atoms with Crippen LogP contribution in [0.2, 0.25) is 0 Å². The summed E-state index contributed by atoms with van der Waals surface area (Å²) in [5, 5.41) is 0. The predicted octanol–water partition coefficient (Wildman–Crippen LogP) is 3.94. The summed E-state index contributed by atoms with van der Waals surface area (Å²) in [5.74, 6) is 1.70. The zero-order chi connectivity index (χ0) is 11.9. The Bertz CT molecular complexity index is 387. The van der Waals surface area contributed by atoms with Gasteiger partial charge >= 0.3 is 0 Å². The number of ether oxygens (including phenoxy) is 1. The van der Waals surface area contributed by atoms with E-state index in [4.69, 9.17) is 4.74 Å². The van der Waals surface area contributed by atoms with E-state index in [1.165, 1.54) is 11.1 Å². The molecular formula is C15H22O. The van der Waals surface area contributed by atoms with Crippen LogP contribution in [0, 0.1) is 5.92 Å². The first-order valence-corrected chi connectivity index (χ1v) is 6.18. The fourth-order valence-electron chi connectivity index (χ4n) is 2.15. The van der Waals surface area contributed by atoms with Gasteiger partial charge < -0.3 is 4.74 Å². The van der Waals surface area contributed by atoms with Crippen molar-refractivity contribution >= 4 is 0 Å². The molecule has 88 valence electrons. The van der Waals surface area contributed by atoms with Crippen molar-refractivity contribution in [2.24, 2.45) is 5.92 Å². The molecule has 0 aliphatic carbocycles. The maximum atomic E-state index is 5.91. The average molecular weight is 218 g/mol. The summed E-state index contributed by atoms with van der Waals surface area (Å²) in [6, 6.07) is 6.65.